The van der Waals surface area contributed by atoms with Crippen LogP contribution in [0.4, 0.5) is 4.79 Å². The molecule has 2 aromatic rings. The summed E-state index contributed by atoms with van der Waals surface area (Å²) in [6.07, 6.45) is -0.270. The second kappa shape index (κ2) is 4.80. The Labute approximate surface area is 115 Å². The summed E-state index contributed by atoms with van der Waals surface area (Å²) in [5.74, 6) is 1.51. The molecule has 1 aliphatic heterocycles. The molecule has 0 amide bonds. The standard InChI is InChI=1S/C10H11N5O4S/c16-8-6-7(12-3-11-6)15(10(18)19)9(17)14(8)1-5-2-20-4-13-5/h3,5,13H,1-2,4H2,(H,11,12)(H,18,19). The van der Waals surface area contributed by atoms with Crippen molar-refractivity contribution in [2.75, 3.05) is 11.6 Å². The molecule has 3 N–H and O–H groups in total. The molecule has 1 fully saturated rings. The zero-order valence-electron chi connectivity index (χ0n) is 10.2. The van der Waals surface area contributed by atoms with Crippen LogP contribution < -0.4 is 16.6 Å². The second-order valence-corrected chi connectivity index (χ2v) is 5.36. The Hall–Kier alpha value is -2.07. The van der Waals surface area contributed by atoms with Gasteiger partial charge in [0.25, 0.3) is 5.56 Å². The number of thioether (sulfide) groups is 1. The molecule has 1 unspecified atom stereocenters. The Morgan fingerprint density at radius 1 is 1.55 bits per heavy atom. The highest BCUT2D eigenvalue weighted by molar-refractivity contribution is 7.99. The molecular weight excluding hydrogens is 286 g/mol. The van der Waals surface area contributed by atoms with E-state index in [1.165, 1.54) is 6.33 Å². The van der Waals surface area contributed by atoms with Crippen LogP contribution in [0.3, 0.4) is 0 Å². The molecule has 1 aliphatic rings. The molecule has 0 aromatic carbocycles. The highest BCUT2D eigenvalue weighted by Gasteiger charge is 2.22. The van der Waals surface area contributed by atoms with Gasteiger partial charge in [-0.05, 0) is 0 Å². The average molecular weight is 297 g/mol. The molecule has 3 rings (SSSR count). The van der Waals surface area contributed by atoms with Gasteiger partial charge in [-0.2, -0.15) is 4.57 Å². The van der Waals surface area contributed by atoms with Crippen LogP contribution in [0.2, 0.25) is 0 Å². The molecule has 1 atom stereocenters. The number of hydrogen-bond acceptors (Lipinski definition) is 6. The zero-order valence-corrected chi connectivity index (χ0v) is 11.0. The summed E-state index contributed by atoms with van der Waals surface area (Å²) in [7, 11) is 0. The molecule has 0 saturated carbocycles. The van der Waals surface area contributed by atoms with E-state index in [1.54, 1.807) is 11.8 Å². The summed E-state index contributed by atoms with van der Waals surface area (Å²) < 4.78 is 1.41. The van der Waals surface area contributed by atoms with Crippen LogP contribution >= 0.6 is 11.8 Å². The third-order valence-electron chi connectivity index (χ3n) is 3.10. The summed E-state index contributed by atoms with van der Waals surface area (Å²) in [5.41, 5.74) is -1.60. The minimum Gasteiger partial charge on any atom is -0.464 e. The molecule has 9 nitrogen and oxygen atoms in total. The van der Waals surface area contributed by atoms with E-state index in [0.717, 1.165) is 16.2 Å². The van der Waals surface area contributed by atoms with Crippen molar-refractivity contribution >= 4 is 29.0 Å². The Bertz CT molecular complexity index is 785. The van der Waals surface area contributed by atoms with E-state index < -0.39 is 17.3 Å². The van der Waals surface area contributed by atoms with E-state index in [-0.39, 0.29) is 23.8 Å². The van der Waals surface area contributed by atoms with Crippen LogP contribution in [-0.4, -0.2) is 48.0 Å². The number of carboxylic acid groups (broad SMARTS) is 1. The van der Waals surface area contributed by atoms with Gasteiger partial charge in [0.2, 0.25) is 0 Å². The SMILES string of the molecule is O=C(O)n1c(=O)n(CC2CSCN2)c(=O)c2[nH]cnc21. The van der Waals surface area contributed by atoms with Crippen molar-refractivity contribution in [3.05, 3.63) is 27.2 Å². The Kier molecular flexibility index (Phi) is 3.10. The lowest BCUT2D eigenvalue weighted by Crippen LogP contribution is -2.46. The van der Waals surface area contributed by atoms with Crippen molar-refractivity contribution in [2.45, 2.75) is 12.6 Å². The van der Waals surface area contributed by atoms with Gasteiger partial charge in [-0.3, -0.25) is 9.36 Å². The van der Waals surface area contributed by atoms with Gasteiger partial charge in [0.05, 0.1) is 6.33 Å². The molecule has 3 heterocycles. The van der Waals surface area contributed by atoms with Crippen molar-refractivity contribution in [1.82, 2.24) is 24.4 Å². The normalized spacial score (nSPS) is 18.7. The number of H-pyrrole nitrogens is 1. The van der Waals surface area contributed by atoms with E-state index in [9.17, 15) is 14.4 Å². The quantitative estimate of drug-likeness (QED) is 0.655. The van der Waals surface area contributed by atoms with Crippen LogP contribution in [0.1, 0.15) is 0 Å². The molecule has 1 saturated heterocycles. The maximum Gasteiger partial charge on any atom is 0.421 e. The predicted molar refractivity (Wildman–Crippen MR) is 72.3 cm³/mol. The zero-order chi connectivity index (χ0) is 14.3. The topological polar surface area (TPSA) is 122 Å². The first-order chi connectivity index (χ1) is 9.59. The summed E-state index contributed by atoms with van der Waals surface area (Å²) in [6, 6.07) is -0.0342. The number of aromatic amines is 1. The van der Waals surface area contributed by atoms with Crippen LogP contribution in [0.25, 0.3) is 11.2 Å². The number of nitrogens with zero attached hydrogens (tertiary/aromatic N) is 3. The first kappa shape index (κ1) is 12.9. The van der Waals surface area contributed by atoms with E-state index >= 15 is 0 Å². The van der Waals surface area contributed by atoms with Crippen molar-refractivity contribution in [3.8, 4) is 0 Å². The highest BCUT2D eigenvalue weighted by atomic mass is 32.2. The average Bonchev–Trinajstić information content (AvgIpc) is 3.05. The van der Waals surface area contributed by atoms with Crippen LogP contribution in [0.15, 0.2) is 15.9 Å². The highest BCUT2D eigenvalue weighted by Crippen LogP contribution is 2.10. The molecule has 10 heteroatoms. The Morgan fingerprint density at radius 2 is 2.35 bits per heavy atom. The van der Waals surface area contributed by atoms with Crippen LogP contribution in [0.5, 0.6) is 0 Å². The van der Waals surface area contributed by atoms with Gasteiger partial charge in [0.15, 0.2) is 5.65 Å². The minimum absolute atomic E-state index is 0.0117. The van der Waals surface area contributed by atoms with Gasteiger partial charge < -0.3 is 15.4 Å². The third kappa shape index (κ3) is 1.93. The number of aromatic nitrogens is 4. The molecule has 0 bridgehead atoms. The summed E-state index contributed by atoms with van der Waals surface area (Å²) >= 11 is 1.66. The molecule has 20 heavy (non-hydrogen) atoms. The first-order valence-electron chi connectivity index (χ1n) is 5.83. The first-order valence-corrected chi connectivity index (χ1v) is 6.98. The fourth-order valence-corrected chi connectivity index (χ4v) is 3.13. The van der Waals surface area contributed by atoms with Crippen LogP contribution in [0, 0.1) is 0 Å². The maximum absolute atomic E-state index is 12.2. The number of hydrogen-bond donors (Lipinski definition) is 3. The molecule has 2 aromatic heterocycles. The van der Waals surface area contributed by atoms with E-state index in [2.05, 4.69) is 15.3 Å². The van der Waals surface area contributed by atoms with Crippen molar-refractivity contribution in [2.24, 2.45) is 0 Å². The monoisotopic (exact) mass is 297 g/mol. The fourth-order valence-electron chi connectivity index (χ4n) is 2.16. The molecule has 0 spiro atoms. The van der Waals surface area contributed by atoms with E-state index in [0.29, 0.717) is 4.57 Å². The van der Waals surface area contributed by atoms with Gasteiger partial charge in [0.1, 0.15) is 5.52 Å². The number of rotatable bonds is 2. The number of carbonyl (C=O) groups is 1. The largest absolute Gasteiger partial charge is 0.464 e. The van der Waals surface area contributed by atoms with Gasteiger partial charge in [-0.25, -0.2) is 14.6 Å². The Morgan fingerprint density at radius 3 is 3.00 bits per heavy atom. The maximum atomic E-state index is 12.2. The smallest absolute Gasteiger partial charge is 0.421 e. The number of nitrogens with one attached hydrogen (secondary N) is 2. The molecule has 106 valence electrons. The molecular formula is C10H11N5O4S. The number of fused-ring (bicyclic) bond motifs is 1. The van der Waals surface area contributed by atoms with Gasteiger partial charge in [-0.15, -0.1) is 11.8 Å². The fraction of sp³-hybridized carbons (Fsp3) is 0.400. The summed E-state index contributed by atoms with van der Waals surface area (Å²) in [6.45, 7) is 0.132. The van der Waals surface area contributed by atoms with Gasteiger partial charge >= 0.3 is 11.8 Å². The molecule has 0 radical (unpaired) electrons. The third-order valence-corrected chi connectivity index (χ3v) is 4.11. The lowest BCUT2D eigenvalue weighted by atomic mass is 10.3. The van der Waals surface area contributed by atoms with Crippen molar-refractivity contribution in [3.63, 3.8) is 0 Å². The lowest BCUT2D eigenvalue weighted by molar-refractivity contribution is 0.195. The minimum atomic E-state index is -1.46. The Balaban J connectivity index is 2.22. The second-order valence-electron chi connectivity index (χ2n) is 4.33. The van der Waals surface area contributed by atoms with Gasteiger partial charge in [0, 0.05) is 24.2 Å². The predicted octanol–water partition coefficient (Wildman–Crippen LogP) is -0.925. The van der Waals surface area contributed by atoms with Crippen molar-refractivity contribution < 1.29 is 9.90 Å². The summed E-state index contributed by atoms with van der Waals surface area (Å²) in [5, 5.41) is 12.3. The summed E-state index contributed by atoms with van der Waals surface area (Å²) in [4.78, 5) is 41.9. The number of imidazole rings is 1. The van der Waals surface area contributed by atoms with Gasteiger partial charge in [-0.1, -0.05) is 0 Å². The van der Waals surface area contributed by atoms with Crippen molar-refractivity contribution in [1.29, 1.82) is 0 Å². The molecule has 0 aliphatic carbocycles. The van der Waals surface area contributed by atoms with E-state index in [4.69, 9.17) is 5.11 Å². The van der Waals surface area contributed by atoms with Crippen LogP contribution in [-0.2, 0) is 6.54 Å². The lowest BCUT2D eigenvalue weighted by Gasteiger charge is -2.12. The van der Waals surface area contributed by atoms with E-state index in [1.807, 2.05) is 0 Å².